The van der Waals surface area contributed by atoms with Gasteiger partial charge in [-0.15, -0.1) is 6.42 Å². The Labute approximate surface area is 184 Å². The zero-order valence-electron chi connectivity index (χ0n) is 18.2. The summed E-state index contributed by atoms with van der Waals surface area (Å²) in [5.41, 5.74) is 0.724. The Kier molecular flexibility index (Phi) is 6.41. The summed E-state index contributed by atoms with van der Waals surface area (Å²) >= 11 is 0. The van der Waals surface area contributed by atoms with Crippen molar-refractivity contribution >= 4 is 11.8 Å². The second-order valence-corrected chi connectivity index (χ2v) is 9.46. The fourth-order valence-corrected chi connectivity index (χ4v) is 6.22. The molecule has 4 aliphatic rings. The van der Waals surface area contributed by atoms with Gasteiger partial charge in [-0.05, 0) is 74.0 Å². The molecule has 2 N–H and O–H groups in total. The third kappa shape index (κ3) is 4.81. The smallest absolute Gasteiger partial charge is 0.226 e. The number of amides is 2. The van der Waals surface area contributed by atoms with Crippen molar-refractivity contribution in [1.82, 2.24) is 10.6 Å². The summed E-state index contributed by atoms with van der Waals surface area (Å²) in [5, 5.41) is 5.96. The minimum Gasteiger partial charge on any atom is -0.493 e. The fourth-order valence-electron chi connectivity index (χ4n) is 6.22. The van der Waals surface area contributed by atoms with Gasteiger partial charge in [-0.25, -0.2) is 0 Å². The maximum atomic E-state index is 13.0. The molecule has 0 aliphatic heterocycles. The van der Waals surface area contributed by atoms with Crippen LogP contribution in [0.5, 0.6) is 11.5 Å². The molecule has 0 aromatic heterocycles. The van der Waals surface area contributed by atoms with Crippen LogP contribution in [0.15, 0.2) is 18.2 Å². The van der Waals surface area contributed by atoms with Crippen molar-refractivity contribution in [3.8, 4) is 23.8 Å². The van der Waals surface area contributed by atoms with Crippen molar-refractivity contribution in [3.05, 3.63) is 23.8 Å². The number of carbonyl (C=O) groups is 2. The largest absolute Gasteiger partial charge is 0.493 e. The molecule has 4 saturated carbocycles. The van der Waals surface area contributed by atoms with Gasteiger partial charge in [0.1, 0.15) is 6.61 Å². The van der Waals surface area contributed by atoms with Crippen molar-refractivity contribution in [2.24, 2.45) is 23.2 Å². The van der Waals surface area contributed by atoms with Gasteiger partial charge in [0.05, 0.1) is 7.11 Å². The monoisotopic (exact) mass is 424 g/mol. The van der Waals surface area contributed by atoms with Crippen LogP contribution in [0.1, 0.15) is 50.5 Å². The Morgan fingerprint density at radius 1 is 1.10 bits per heavy atom. The average molecular weight is 425 g/mol. The number of methoxy groups -OCH3 is 1. The molecule has 5 rings (SSSR count). The molecule has 2 amide bonds. The number of ether oxygens (including phenoxy) is 2. The molecule has 0 unspecified atom stereocenters. The molecular weight excluding hydrogens is 392 g/mol. The molecule has 0 radical (unpaired) electrons. The maximum Gasteiger partial charge on any atom is 0.226 e. The van der Waals surface area contributed by atoms with Gasteiger partial charge >= 0.3 is 0 Å². The minimum atomic E-state index is -0.164. The molecule has 6 nitrogen and oxygen atoms in total. The SMILES string of the molecule is C#CCOc1cc(CNC(=O)CCNC(=O)C23CC4CC(CC(C4)C2)C3)ccc1OC. The number of hydrogen-bond acceptors (Lipinski definition) is 4. The Hall–Kier alpha value is -2.68. The van der Waals surface area contributed by atoms with Crippen LogP contribution in [0.25, 0.3) is 0 Å². The molecule has 166 valence electrons. The zero-order chi connectivity index (χ0) is 21.8. The highest BCUT2D eigenvalue weighted by molar-refractivity contribution is 5.84. The van der Waals surface area contributed by atoms with Gasteiger partial charge in [0.2, 0.25) is 11.8 Å². The van der Waals surface area contributed by atoms with Crippen molar-refractivity contribution in [3.63, 3.8) is 0 Å². The van der Waals surface area contributed by atoms with Gasteiger partial charge < -0.3 is 20.1 Å². The highest BCUT2D eigenvalue weighted by Gasteiger charge is 2.54. The molecule has 0 atom stereocenters. The van der Waals surface area contributed by atoms with E-state index >= 15 is 0 Å². The van der Waals surface area contributed by atoms with Gasteiger partial charge in [-0.2, -0.15) is 0 Å². The van der Waals surface area contributed by atoms with E-state index in [0.29, 0.717) is 24.6 Å². The van der Waals surface area contributed by atoms with E-state index in [1.165, 1.54) is 19.3 Å². The van der Waals surface area contributed by atoms with Gasteiger partial charge in [-0.3, -0.25) is 9.59 Å². The summed E-state index contributed by atoms with van der Waals surface area (Å²) < 4.78 is 10.8. The van der Waals surface area contributed by atoms with Crippen molar-refractivity contribution < 1.29 is 19.1 Å². The predicted molar refractivity (Wildman–Crippen MR) is 117 cm³/mol. The van der Waals surface area contributed by atoms with E-state index in [0.717, 1.165) is 42.6 Å². The number of terminal acetylenes is 1. The summed E-state index contributed by atoms with van der Waals surface area (Å²) in [6.07, 6.45) is 12.6. The first-order valence-corrected chi connectivity index (χ1v) is 11.3. The number of hydrogen-bond donors (Lipinski definition) is 2. The lowest BCUT2D eigenvalue weighted by molar-refractivity contribution is -0.146. The molecule has 0 spiro atoms. The summed E-state index contributed by atoms with van der Waals surface area (Å²) in [6.45, 7) is 0.902. The van der Waals surface area contributed by atoms with Crippen LogP contribution in [0.2, 0.25) is 0 Å². The lowest BCUT2D eigenvalue weighted by Gasteiger charge is -2.55. The Bertz CT molecular complexity index is 837. The number of nitrogens with one attached hydrogen (secondary N) is 2. The Morgan fingerprint density at radius 2 is 1.77 bits per heavy atom. The van der Waals surface area contributed by atoms with Crippen LogP contribution >= 0.6 is 0 Å². The van der Waals surface area contributed by atoms with E-state index in [1.54, 1.807) is 13.2 Å². The second-order valence-electron chi connectivity index (χ2n) is 9.46. The molecule has 4 bridgehead atoms. The van der Waals surface area contributed by atoms with Crippen molar-refractivity contribution in [1.29, 1.82) is 0 Å². The first-order chi connectivity index (χ1) is 15.0. The topological polar surface area (TPSA) is 76.7 Å². The zero-order valence-corrected chi connectivity index (χ0v) is 18.2. The molecule has 0 heterocycles. The van der Waals surface area contributed by atoms with Crippen LogP contribution < -0.4 is 20.1 Å². The lowest BCUT2D eigenvalue weighted by atomic mass is 9.49. The van der Waals surface area contributed by atoms with E-state index in [1.807, 2.05) is 12.1 Å². The second kappa shape index (κ2) is 9.21. The lowest BCUT2D eigenvalue weighted by Crippen LogP contribution is -2.53. The van der Waals surface area contributed by atoms with Crippen LogP contribution in [-0.4, -0.2) is 32.1 Å². The van der Waals surface area contributed by atoms with E-state index in [2.05, 4.69) is 16.6 Å². The van der Waals surface area contributed by atoms with Crippen molar-refractivity contribution in [2.75, 3.05) is 20.3 Å². The Balaban J connectivity index is 1.22. The average Bonchev–Trinajstić information content (AvgIpc) is 2.75. The van der Waals surface area contributed by atoms with Crippen LogP contribution in [0, 0.1) is 35.5 Å². The fraction of sp³-hybridized carbons (Fsp3) is 0.600. The number of carbonyl (C=O) groups excluding carboxylic acids is 2. The van der Waals surface area contributed by atoms with Gasteiger partial charge in [0.25, 0.3) is 0 Å². The van der Waals surface area contributed by atoms with Crippen LogP contribution in [0.4, 0.5) is 0 Å². The summed E-state index contributed by atoms with van der Waals surface area (Å²) in [7, 11) is 1.57. The van der Waals surface area contributed by atoms with Crippen molar-refractivity contribution in [2.45, 2.75) is 51.5 Å². The van der Waals surface area contributed by atoms with Gasteiger partial charge in [0.15, 0.2) is 11.5 Å². The highest BCUT2D eigenvalue weighted by atomic mass is 16.5. The minimum absolute atomic E-state index is 0.0901. The van der Waals surface area contributed by atoms with Gasteiger partial charge in [0, 0.05) is 24.9 Å². The molecule has 6 heteroatoms. The third-order valence-electron chi connectivity index (χ3n) is 7.19. The molecule has 4 aliphatic carbocycles. The Morgan fingerprint density at radius 3 is 2.39 bits per heavy atom. The van der Waals surface area contributed by atoms with E-state index in [4.69, 9.17) is 15.9 Å². The number of rotatable bonds is 9. The number of benzene rings is 1. The molecular formula is C25H32N2O4. The predicted octanol–water partition coefficient (Wildman–Crippen LogP) is 3.05. The summed E-state index contributed by atoms with van der Waals surface area (Å²) in [6, 6.07) is 5.47. The molecule has 1 aromatic rings. The molecule has 31 heavy (non-hydrogen) atoms. The van der Waals surface area contributed by atoms with Crippen LogP contribution in [0.3, 0.4) is 0 Å². The third-order valence-corrected chi connectivity index (χ3v) is 7.19. The normalized spacial score (nSPS) is 27.9. The summed E-state index contributed by atoms with van der Waals surface area (Å²) in [5.74, 6) is 5.86. The molecule has 1 aromatic carbocycles. The van der Waals surface area contributed by atoms with Crippen LogP contribution in [-0.2, 0) is 16.1 Å². The standard InChI is InChI=1S/C25H32N2O4/c1-3-8-31-22-12-17(4-5-21(22)30-2)16-27-23(28)6-7-26-24(29)25-13-18-9-19(14-25)11-20(10-18)15-25/h1,4-5,12,18-20H,6-11,13-16H2,2H3,(H,26,29)(H,27,28). The van der Waals surface area contributed by atoms with Gasteiger partial charge in [-0.1, -0.05) is 12.0 Å². The quantitative estimate of drug-likeness (QED) is 0.598. The summed E-state index contributed by atoms with van der Waals surface area (Å²) in [4.78, 5) is 25.2. The first kappa shape index (κ1) is 21.5. The van der Waals surface area contributed by atoms with E-state index in [9.17, 15) is 9.59 Å². The first-order valence-electron chi connectivity index (χ1n) is 11.3. The maximum absolute atomic E-state index is 13.0. The molecule has 0 saturated heterocycles. The molecule has 4 fully saturated rings. The van der Waals surface area contributed by atoms with E-state index < -0.39 is 0 Å². The highest BCUT2D eigenvalue weighted by Crippen LogP contribution is 2.60. The van der Waals surface area contributed by atoms with E-state index in [-0.39, 0.29) is 30.3 Å².